The van der Waals surface area contributed by atoms with Crippen LogP contribution in [0.15, 0.2) is 108 Å². The Labute approximate surface area is 181 Å². The van der Waals surface area contributed by atoms with Gasteiger partial charge in [0.25, 0.3) is 10.0 Å². The maximum absolute atomic E-state index is 12.8. The number of sulfonamides is 1. The second-order valence-corrected chi connectivity index (χ2v) is 8.57. The van der Waals surface area contributed by atoms with Gasteiger partial charge in [-0.25, -0.2) is 8.42 Å². The van der Waals surface area contributed by atoms with E-state index in [0.717, 1.165) is 16.3 Å². The average Bonchev–Trinajstić information content (AvgIpc) is 2.79. The molecule has 154 valence electrons. The second kappa shape index (κ2) is 8.85. The standard InChI is InChI=1S/C25H20N2O3S/c28-25(18-13-19-7-2-1-3-8-19)26-21-14-16-22(17-15-21)31(29,30)27-24-12-6-10-20-9-4-5-11-23(20)24/h1-18,27H,(H,26,28)/b18-13+. The first-order valence-corrected chi connectivity index (χ1v) is 11.1. The first-order chi connectivity index (χ1) is 15.0. The summed E-state index contributed by atoms with van der Waals surface area (Å²) in [5, 5.41) is 4.49. The van der Waals surface area contributed by atoms with E-state index in [1.165, 1.54) is 18.2 Å². The first-order valence-electron chi connectivity index (χ1n) is 9.66. The van der Waals surface area contributed by atoms with Crippen molar-refractivity contribution < 1.29 is 13.2 Å². The molecule has 0 saturated carbocycles. The molecule has 0 spiro atoms. The summed E-state index contributed by atoms with van der Waals surface area (Å²) in [6, 6.07) is 28.6. The topological polar surface area (TPSA) is 75.3 Å². The second-order valence-electron chi connectivity index (χ2n) is 6.89. The van der Waals surface area contributed by atoms with Crippen LogP contribution in [0.25, 0.3) is 16.8 Å². The fraction of sp³-hybridized carbons (Fsp3) is 0. The molecule has 0 unspecified atom stereocenters. The van der Waals surface area contributed by atoms with Crippen molar-refractivity contribution in [3.63, 3.8) is 0 Å². The molecule has 0 aromatic heterocycles. The number of fused-ring (bicyclic) bond motifs is 1. The van der Waals surface area contributed by atoms with Crippen LogP contribution in [0.1, 0.15) is 5.56 Å². The zero-order valence-electron chi connectivity index (χ0n) is 16.5. The van der Waals surface area contributed by atoms with Gasteiger partial charge >= 0.3 is 0 Å². The Kier molecular flexibility index (Phi) is 5.82. The Morgan fingerprint density at radius 3 is 2.19 bits per heavy atom. The van der Waals surface area contributed by atoms with Crippen molar-refractivity contribution in [3.8, 4) is 0 Å². The van der Waals surface area contributed by atoms with E-state index in [1.807, 2.05) is 66.7 Å². The van der Waals surface area contributed by atoms with Crippen LogP contribution in [-0.4, -0.2) is 14.3 Å². The van der Waals surface area contributed by atoms with Gasteiger partial charge in [-0.3, -0.25) is 9.52 Å². The first kappa shape index (κ1) is 20.4. The van der Waals surface area contributed by atoms with Crippen molar-refractivity contribution in [1.82, 2.24) is 0 Å². The number of anilines is 2. The Morgan fingerprint density at radius 2 is 1.42 bits per heavy atom. The highest BCUT2D eigenvalue weighted by molar-refractivity contribution is 7.92. The van der Waals surface area contributed by atoms with Crippen LogP contribution in [-0.2, 0) is 14.8 Å². The molecule has 0 aliphatic carbocycles. The number of nitrogens with one attached hydrogen (secondary N) is 2. The number of hydrogen-bond acceptors (Lipinski definition) is 3. The number of carbonyl (C=O) groups excluding carboxylic acids is 1. The number of rotatable bonds is 6. The van der Waals surface area contributed by atoms with E-state index in [0.29, 0.717) is 11.4 Å². The molecule has 0 atom stereocenters. The number of hydrogen-bond donors (Lipinski definition) is 2. The molecule has 6 heteroatoms. The van der Waals surface area contributed by atoms with Crippen molar-refractivity contribution in [2.75, 3.05) is 10.0 Å². The van der Waals surface area contributed by atoms with Gasteiger partial charge in [-0.05, 0) is 47.4 Å². The minimum atomic E-state index is -3.77. The SMILES string of the molecule is O=C(/C=C/c1ccccc1)Nc1ccc(S(=O)(=O)Nc2cccc3ccccc23)cc1. The molecular formula is C25H20N2O3S. The maximum Gasteiger partial charge on any atom is 0.261 e. The summed E-state index contributed by atoms with van der Waals surface area (Å²) in [7, 11) is -3.77. The molecule has 0 heterocycles. The van der Waals surface area contributed by atoms with Crippen LogP contribution in [0, 0.1) is 0 Å². The third-order valence-corrected chi connectivity index (χ3v) is 6.07. The summed E-state index contributed by atoms with van der Waals surface area (Å²) in [6.07, 6.45) is 3.14. The van der Waals surface area contributed by atoms with Gasteiger partial charge in [-0.15, -0.1) is 0 Å². The fourth-order valence-corrected chi connectivity index (χ4v) is 4.24. The van der Waals surface area contributed by atoms with E-state index in [9.17, 15) is 13.2 Å². The van der Waals surface area contributed by atoms with Gasteiger partial charge in [-0.1, -0.05) is 66.7 Å². The Morgan fingerprint density at radius 1 is 0.742 bits per heavy atom. The van der Waals surface area contributed by atoms with Crippen molar-refractivity contribution in [2.45, 2.75) is 4.90 Å². The molecular weight excluding hydrogens is 408 g/mol. The van der Waals surface area contributed by atoms with Gasteiger partial charge in [0.05, 0.1) is 10.6 Å². The van der Waals surface area contributed by atoms with Gasteiger partial charge in [0.15, 0.2) is 0 Å². The summed E-state index contributed by atoms with van der Waals surface area (Å²) in [5.74, 6) is -0.298. The zero-order valence-corrected chi connectivity index (χ0v) is 17.3. The Hall–Kier alpha value is -3.90. The lowest BCUT2D eigenvalue weighted by Crippen LogP contribution is -2.13. The number of amides is 1. The van der Waals surface area contributed by atoms with E-state index in [2.05, 4.69) is 10.0 Å². The molecule has 1 amide bonds. The monoisotopic (exact) mass is 428 g/mol. The van der Waals surface area contributed by atoms with E-state index in [-0.39, 0.29) is 10.8 Å². The van der Waals surface area contributed by atoms with Crippen molar-refractivity contribution in [2.24, 2.45) is 0 Å². The van der Waals surface area contributed by atoms with Crippen molar-refractivity contribution >= 4 is 44.2 Å². The average molecular weight is 429 g/mol. The van der Waals surface area contributed by atoms with Crippen LogP contribution in [0.3, 0.4) is 0 Å². The van der Waals surface area contributed by atoms with Crippen molar-refractivity contribution in [1.29, 1.82) is 0 Å². The van der Waals surface area contributed by atoms with E-state index in [4.69, 9.17) is 0 Å². The molecule has 0 fully saturated rings. The molecule has 0 radical (unpaired) electrons. The van der Waals surface area contributed by atoms with Crippen LogP contribution in [0.5, 0.6) is 0 Å². The molecule has 2 N–H and O–H groups in total. The number of carbonyl (C=O) groups is 1. The van der Waals surface area contributed by atoms with Gasteiger partial charge in [0.1, 0.15) is 0 Å². The lowest BCUT2D eigenvalue weighted by atomic mass is 10.1. The summed E-state index contributed by atoms with van der Waals surface area (Å²) in [6.45, 7) is 0. The Balaban J connectivity index is 1.47. The molecule has 4 aromatic rings. The fourth-order valence-electron chi connectivity index (χ4n) is 3.16. The van der Waals surface area contributed by atoms with Gasteiger partial charge in [-0.2, -0.15) is 0 Å². The summed E-state index contributed by atoms with van der Waals surface area (Å²) >= 11 is 0. The molecule has 4 rings (SSSR count). The van der Waals surface area contributed by atoms with Crippen LogP contribution in [0.2, 0.25) is 0 Å². The Bertz CT molecular complexity index is 1340. The van der Waals surface area contributed by atoms with Crippen LogP contribution < -0.4 is 10.0 Å². The van der Waals surface area contributed by atoms with Crippen molar-refractivity contribution in [3.05, 3.63) is 109 Å². The van der Waals surface area contributed by atoms with Gasteiger partial charge in [0, 0.05) is 17.1 Å². The molecule has 0 saturated heterocycles. The minimum absolute atomic E-state index is 0.110. The van der Waals surface area contributed by atoms with Gasteiger partial charge < -0.3 is 5.32 Å². The molecule has 4 aromatic carbocycles. The third-order valence-electron chi connectivity index (χ3n) is 4.69. The lowest BCUT2D eigenvalue weighted by molar-refractivity contribution is -0.111. The molecule has 0 aliphatic heterocycles. The highest BCUT2D eigenvalue weighted by Crippen LogP contribution is 2.26. The maximum atomic E-state index is 12.8. The number of benzene rings is 4. The smallest absolute Gasteiger partial charge is 0.261 e. The molecule has 0 bridgehead atoms. The predicted octanol–water partition coefficient (Wildman–Crippen LogP) is 5.29. The van der Waals surface area contributed by atoms with Gasteiger partial charge in [0.2, 0.25) is 5.91 Å². The van der Waals surface area contributed by atoms with E-state index in [1.54, 1.807) is 24.3 Å². The van der Waals surface area contributed by atoms with Crippen LogP contribution >= 0.6 is 0 Å². The molecule has 0 aliphatic rings. The third kappa shape index (κ3) is 4.99. The van der Waals surface area contributed by atoms with Crippen LogP contribution in [0.4, 0.5) is 11.4 Å². The zero-order chi connectivity index (χ0) is 21.7. The summed E-state index contributed by atoms with van der Waals surface area (Å²) < 4.78 is 28.3. The predicted molar refractivity (Wildman–Crippen MR) is 125 cm³/mol. The lowest BCUT2D eigenvalue weighted by Gasteiger charge is -2.11. The largest absolute Gasteiger partial charge is 0.323 e. The quantitative estimate of drug-likeness (QED) is 0.410. The van der Waals surface area contributed by atoms with E-state index >= 15 is 0 Å². The highest BCUT2D eigenvalue weighted by atomic mass is 32.2. The molecule has 31 heavy (non-hydrogen) atoms. The highest BCUT2D eigenvalue weighted by Gasteiger charge is 2.15. The summed E-state index contributed by atoms with van der Waals surface area (Å²) in [4.78, 5) is 12.2. The normalized spacial score (nSPS) is 11.5. The summed E-state index contributed by atoms with van der Waals surface area (Å²) in [5.41, 5.74) is 1.94. The molecule has 5 nitrogen and oxygen atoms in total. The minimum Gasteiger partial charge on any atom is -0.323 e. The van der Waals surface area contributed by atoms with E-state index < -0.39 is 10.0 Å².